The predicted octanol–water partition coefficient (Wildman–Crippen LogP) is 5.08. The average Bonchev–Trinajstić information content (AvgIpc) is 3.59. The van der Waals surface area contributed by atoms with Crippen molar-refractivity contribution in [1.29, 1.82) is 0 Å². The van der Waals surface area contributed by atoms with Crippen LogP contribution in [0.3, 0.4) is 0 Å². The molecule has 6 rings (SSSR count). The third-order valence-electron chi connectivity index (χ3n) is 7.29. The lowest BCUT2D eigenvalue weighted by Gasteiger charge is -2.10. The van der Waals surface area contributed by atoms with Crippen LogP contribution in [0.15, 0.2) is 66.5 Å². The molecule has 12 heteroatoms. The number of unbranched alkanes of at least 4 members (excludes halogenated alkanes) is 1. The fourth-order valence-corrected chi connectivity index (χ4v) is 5.18. The Morgan fingerprint density at radius 1 is 1.05 bits per heavy atom. The van der Waals surface area contributed by atoms with E-state index < -0.39 is 12.3 Å². The van der Waals surface area contributed by atoms with Gasteiger partial charge in [-0.25, -0.2) is 0 Å². The quantitative estimate of drug-likeness (QED) is 0.249. The number of hydrogen-bond donors (Lipinski definition) is 1. The van der Waals surface area contributed by atoms with Crippen molar-refractivity contribution >= 4 is 11.5 Å². The molecule has 0 unspecified atom stereocenters. The van der Waals surface area contributed by atoms with Crippen molar-refractivity contribution in [2.75, 3.05) is 0 Å². The van der Waals surface area contributed by atoms with E-state index in [2.05, 4.69) is 47.7 Å². The van der Waals surface area contributed by atoms with Crippen molar-refractivity contribution < 1.29 is 22.7 Å². The lowest BCUT2D eigenvalue weighted by molar-refractivity contribution is -0.274. The van der Waals surface area contributed by atoms with Crippen molar-refractivity contribution in [2.45, 2.75) is 58.0 Å². The molecule has 42 heavy (non-hydrogen) atoms. The van der Waals surface area contributed by atoms with Crippen LogP contribution in [-0.2, 0) is 25.9 Å². The Labute approximate surface area is 239 Å². The predicted molar refractivity (Wildman–Crippen MR) is 146 cm³/mol. The van der Waals surface area contributed by atoms with E-state index in [1.165, 1.54) is 42.2 Å². The van der Waals surface area contributed by atoms with E-state index in [-0.39, 0.29) is 18.0 Å². The summed E-state index contributed by atoms with van der Waals surface area (Å²) in [4.78, 5) is 17.1. The lowest BCUT2D eigenvalue weighted by Crippen LogP contribution is -2.23. The van der Waals surface area contributed by atoms with E-state index in [1.807, 2.05) is 18.3 Å². The maximum atomic E-state index is 12.5. The fraction of sp³-hybridized carbons (Fsp3) is 0.333. The molecule has 9 nitrogen and oxygen atoms in total. The highest BCUT2D eigenvalue weighted by Crippen LogP contribution is 2.47. The molecule has 3 aromatic heterocycles. The van der Waals surface area contributed by atoms with Gasteiger partial charge in [0.1, 0.15) is 5.75 Å². The second kappa shape index (κ2) is 11.7. The van der Waals surface area contributed by atoms with Gasteiger partial charge in [-0.15, -0.1) is 18.3 Å². The number of rotatable bonds is 11. The van der Waals surface area contributed by atoms with Gasteiger partial charge in [-0.2, -0.15) is 10.2 Å². The Morgan fingerprint density at radius 2 is 1.93 bits per heavy atom. The highest BCUT2D eigenvalue weighted by atomic mass is 19.4. The van der Waals surface area contributed by atoms with Crippen LogP contribution in [0, 0.1) is 5.92 Å². The Kier molecular flexibility index (Phi) is 7.68. The van der Waals surface area contributed by atoms with Gasteiger partial charge in [-0.05, 0) is 73.9 Å². The van der Waals surface area contributed by atoms with Gasteiger partial charge >= 0.3 is 6.36 Å². The molecule has 0 spiro atoms. The number of nitrogens with zero attached hydrogens (tertiary/aromatic N) is 6. The first-order chi connectivity index (χ1) is 20.3. The summed E-state index contributed by atoms with van der Waals surface area (Å²) in [5, 5.41) is 19.7. The van der Waals surface area contributed by atoms with Gasteiger partial charge in [0, 0.05) is 36.8 Å². The molecule has 3 heterocycles. The molecule has 0 saturated heterocycles. The Bertz CT molecular complexity index is 1610. The summed E-state index contributed by atoms with van der Waals surface area (Å²) in [6.07, 6.45) is 4.30. The third kappa shape index (κ3) is 6.64. The number of halogens is 3. The number of nitrogens with one attached hydrogen (secondary N) is 1. The van der Waals surface area contributed by atoms with Gasteiger partial charge in [0.25, 0.3) is 5.91 Å². The van der Waals surface area contributed by atoms with E-state index in [9.17, 15) is 18.0 Å². The second-order valence-electron chi connectivity index (χ2n) is 10.5. The maximum absolute atomic E-state index is 12.5. The van der Waals surface area contributed by atoms with Gasteiger partial charge in [0.15, 0.2) is 5.69 Å². The van der Waals surface area contributed by atoms with E-state index in [1.54, 1.807) is 16.9 Å². The molecular weight excluding hydrogens is 547 g/mol. The Morgan fingerprint density at radius 3 is 2.71 bits per heavy atom. The minimum atomic E-state index is -4.78. The first-order valence-electron chi connectivity index (χ1n) is 13.9. The zero-order valence-corrected chi connectivity index (χ0v) is 22.6. The van der Waals surface area contributed by atoms with Crippen LogP contribution in [0.5, 0.6) is 5.75 Å². The molecule has 1 N–H and O–H groups in total. The van der Waals surface area contributed by atoms with Gasteiger partial charge in [0.2, 0.25) is 0 Å². The van der Waals surface area contributed by atoms with Crippen LogP contribution >= 0.6 is 0 Å². The molecule has 1 amide bonds. The topological polar surface area (TPSA) is 108 Å². The van der Waals surface area contributed by atoms with Crippen LogP contribution in [0.1, 0.15) is 64.4 Å². The minimum absolute atomic E-state index is 0.0158. The van der Waals surface area contributed by atoms with E-state index in [4.69, 9.17) is 0 Å². The molecule has 2 aliphatic carbocycles. The summed E-state index contributed by atoms with van der Waals surface area (Å²) in [5.74, 6) is -0.198. The van der Waals surface area contributed by atoms with Crippen LogP contribution in [0.2, 0.25) is 0 Å². The molecule has 4 aromatic rings. The van der Waals surface area contributed by atoms with Crippen molar-refractivity contribution in [3.8, 4) is 5.75 Å². The van der Waals surface area contributed by atoms with Crippen LogP contribution in [0.4, 0.5) is 13.2 Å². The smallest absolute Gasteiger partial charge is 0.406 e. The summed E-state index contributed by atoms with van der Waals surface area (Å²) in [7, 11) is 0. The number of alkyl halides is 3. The normalized spacial score (nSPS) is 14.6. The van der Waals surface area contributed by atoms with Crippen LogP contribution < -0.4 is 10.1 Å². The second-order valence-corrected chi connectivity index (χ2v) is 10.5. The Hall–Kier alpha value is -4.61. The third-order valence-corrected chi connectivity index (χ3v) is 7.29. The van der Waals surface area contributed by atoms with Gasteiger partial charge in [-0.3, -0.25) is 14.5 Å². The molecule has 2 aliphatic rings. The average molecular weight is 576 g/mol. The van der Waals surface area contributed by atoms with E-state index in [0.29, 0.717) is 18.0 Å². The van der Waals surface area contributed by atoms with Crippen molar-refractivity contribution in [3.63, 3.8) is 0 Å². The first-order valence-corrected chi connectivity index (χ1v) is 13.9. The molecular formula is C30H28F3N7O2. The highest BCUT2D eigenvalue weighted by Gasteiger charge is 2.35. The number of ether oxygens (including phenoxy) is 1. The summed E-state index contributed by atoms with van der Waals surface area (Å²) in [6, 6.07) is 13.6. The van der Waals surface area contributed by atoms with Crippen molar-refractivity contribution in [1.82, 2.24) is 35.5 Å². The summed E-state index contributed by atoms with van der Waals surface area (Å²) in [6.45, 7) is 0.586. The monoisotopic (exact) mass is 575 g/mol. The summed E-state index contributed by atoms with van der Waals surface area (Å²) >= 11 is 0. The molecule has 0 aliphatic heterocycles. The number of aromatic nitrogens is 6. The van der Waals surface area contributed by atoms with Gasteiger partial charge in [0.05, 0.1) is 23.3 Å². The van der Waals surface area contributed by atoms with Gasteiger partial charge < -0.3 is 10.1 Å². The van der Waals surface area contributed by atoms with Gasteiger partial charge in [-0.1, -0.05) is 29.0 Å². The molecule has 0 atom stereocenters. The Balaban J connectivity index is 1.00. The number of allylic oxidation sites excluding steroid dienone is 1. The number of benzene rings is 1. The number of carbonyl (C=O) groups excluding carboxylic acids is 1. The van der Waals surface area contributed by atoms with Crippen LogP contribution in [0.25, 0.3) is 5.57 Å². The molecule has 1 aromatic carbocycles. The number of hydrogen-bond acceptors (Lipinski definition) is 7. The van der Waals surface area contributed by atoms with E-state index >= 15 is 0 Å². The standard InChI is InChI=1S/C30H28F3N7O2/c31-30(32,33)42-22-8-5-6-19(14-22)17-35-29(41)27-18-40(39-38-27)13-4-2-7-21-15-24-26(37-36-21)16-23(20-10-11-20)28(24)25-9-1-3-12-34-25/h1,3,5-6,8-9,12,14-15,18,20H,2,4,7,10-11,13,16-17H2,(H,35,41). The van der Waals surface area contributed by atoms with Crippen molar-refractivity contribution in [2.24, 2.45) is 5.92 Å². The number of amides is 1. The fourth-order valence-electron chi connectivity index (χ4n) is 5.18. The summed E-state index contributed by atoms with van der Waals surface area (Å²) < 4.78 is 42.9. The van der Waals surface area contributed by atoms with E-state index in [0.717, 1.165) is 48.3 Å². The molecule has 0 radical (unpaired) electrons. The number of aryl methyl sites for hydroxylation is 2. The molecule has 1 saturated carbocycles. The minimum Gasteiger partial charge on any atom is -0.406 e. The number of carbonyl (C=O) groups is 1. The first kappa shape index (κ1) is 27.6. The largest absolute Gasteiger partial charge is 0.573 e. The molecule has 0 bridgehead atoms. The molecule has 1 fully saturated rings. The number of fused-ring (bicyclic) bond motifs is 1. The van der Waals surface area contributed by atoms with Crippen molar-refractivity contribution in [3.05, 3.63) is 100 Å². The highest BCUT2D eigenvalue weighted by molar-refractivity contribution is 5.91. The summed E-state index contributed by atoms with van der Waals surface area (Å²) in [5.41, 5.74) is 7.34. The lowest BCUT2D eigenvalue weighted by atomic mass is 9.99. The maximum Gasteiger partial charge on any atom is 0.573 e. The zero-order valence-electron chi connectivity index (χ0n) is 22.6. The number of pyridine rings is 1. The van der Waals surface area contributed by atoms with Crippen LogP contribution in [-0.4, -0.2) is 42.4 Å². The SMILES string of the molecule is O=C(NCc1cccc(OC(F)(F)F)c1)c1cn(CCCCc2cc3c(nn2)CC(C2CC2)=C3c2ccccn2)nn1. The zero-order chi connectivity index (χ0) is 29.1. The molecule has 216 valence electrons.